The molecule has 88 valence electrons. The molecule has 2 bridgehead atoms. The highest BCUT2D eigenvalue weighted by Gasteiger charge is 2.69. The number of aromatic nitrogens is 2. The lowest BCUT2D eigenvalue weighted by atomic mass is 9.54. The molecule has 6 heteroatoms. The first kappa shape index (κ1) is 10.8. The second-order valence-corrected chi connectivity index (χ2v) is 9.92. The van der Waals surface area contributed by atoms with Gasteiger partial charge in [-0.25, -0.2) is 9.97 Å². The summed E-state index contributed by atoms with van der Waals surface area (Å²) in [6.45, 7) is 0. The number of hydrogen-bond donors (Lipinski definition) is 0. The van der Waals surface area contributed by atoms with E-state index in [4.69, 9.17) is 0 Å². The highest BCUT2D eigenvalue weighted by atomic mass is 32.2. The lowest BCUT2D eigenvalue weighted by Gasteiger charge is -2.69. The summed E-state index contributed by atoms with van der Waals surface area (Å²) in [6.07, 6.45) is 7.79. The number of thiazole rings is 2. The van der Waals surface area contributed by atoms with Crippen LogP contribution in [0, 0.1) is 0 Å². The van der Waals surface area contributed by atoms with Crippen LogP contribution < -0.4 is 0 Å². The van der Waals surface area contributed by atoms with Gasteiger partial charge in [-0.3, -0.25) is 0 Å². The average molecular weight is 298 g/mol. The zero-order valence-corrected chi connectivity index (χ0v) is 12.2. The molecule has 2 aromatic heterocycles. The molecule has 3 aliphatic rings. The van der Waals surface area contributed by atoms with Gasteiger partial charge in [-0.15, -0.1) is 22.7 Å². The average Bonchev–Trinajstić information content (AvgIpc) is 2.83. The van der Waals surface area contributed by atoms with Crippen molar-refractivity contribution in [3.8, 4) is 0 Å². The second-order valence-electron chi connectivity index (χ2n) is 4.70. The first-order chi connectivity index (χ1) is 8.28. The Bertz CT molecular complexity index is 454. The Labute approximate surface area is 116 Å². The van der Waals surface area contributed by atoms with Crippen LogP contribution in [-0.2, 0) is 0 Å². The summed E-state index contributed by atoms with van der Waals surface area (Å²) in [5.74, 6) is 0. The molecule has 3 fully saturated rings. The number of rotatable bonds is 4. The molecule has 2 heterocycles. The molecule has 3 saturated carbocycles. The quantitative estimate of drug-likeness (QED) is 0.846. The first-order valence-corrected chi connectivity index (χ1v) is 8.84. The molecular weight excluding hydrogens is 288 g/mol. The molecule has 0 aliphatic heterocycles. The zero-order valence-electron chi connectivity index (χ0n) is 8.96. The van der Waals surface area contributed by atoms with Gasteiger partial charge < -0.3 is 0 Å². The highest BCUT2D eigenvalue weighted by Crippen LogP contribution is 2.75. The number of nitrogens with zero attached hydrogens (tertiary/aromatic N) is 2. The van der Waals surface area contributed by atoms with Gasteiger partial charge in [0.1, 0.15) is 8.68 Å². The highest BCUT2D eigenvalue weighted by molar-refractivity contribution is 8.04. The van der Waals surface area contributed by atoms with Crippen LogP contribution >= 0.6 is 46.2 Å². The van der Waals surface area contributed by atoms with Crippen molar-refractivity contribution in [3.63, 3.8) is 0 Å². The van der Waals surface area contributed by atoms with Crippen LogP contribution in [0.3, 0.4) is 0 Å². The van der Waals surface area contributed by atoms with Crippen molar-refractivity contribution in [3.05, 3.63) is 23.2 Å². The van der Waals surface area contributed by atoms with E-state index in [0.717, 1.165) is 0 Å². The summed E-state index contributed by atoms with van der Waals surface area (Å²) in [5.41, 5.74) is 0. The molecule has 2 nitrogen and oxygen atoms in total. The van der Waals surface area contributed by atoms with Crippen LogP contribution in [0.2, 0.25) is 0 Å². The molecule has 2 aromatic rings. The summed E-state index contributed by atoms with van der Waals surface area (Å²) in [6, 6.07) is 0. The molecular formula is C11H10N2S4. The van der Waals surface area contributed by atoms with Crippen molar-refractivity contribution in [1.29, 1.82) is 0 Å². The molecule has 0 aromatic carbocycles. The topological polar surface area (TPSA) is 25.8 Å². The van der Waals surface area contributed by atoms with E-state index in [2.05, 4.69) is 20.7 Å². The molecule has 5 rings (SSSR count). The lowest BCUT2D eigenvalue weighted by Crippen LogP contribution is -2.68. The van der Waals surface area contributed by atoms with Crippen LogP contribution in [0.1, 0.15) is 19.3 Å². The van der Waals surface area contributed by atoms with Gasteiger partial charge in [-0.05, 0) is 19.3 Å². The van der Waals surface area contributed by atoms with Crippen molar-refractivity contribution in [2.75, 3.05) is 0 Å². The zero-order chi connectivity index (χ0) is 11.3. The van der Waals surface area contributed by atoms with E-state index in [1.54, 1.807) is 22.7 Å². The molecule has 0 N–H and O–H groups in total. The van der Waals surface area contributed by atoms with Crippen LogP contribution in [0.4, 0.5) is 0 Å². The smallest absolute Gasteiger partial charge is 0.150 e. The molecule has 0 atom stereocenters. The largest absolute Gasteiger partial charge is 0.238 e. The Morgan fingerprint density at radius 3 is 1.71 bits per heavy atom. The fourth-order valence-corrected chi connectivity index (χ4v) is 8.55. The summed E-state index contributed by atoms with van der Waals surface area (Å²) < 4.78 is 3.50. The normalized spacial score (nSPS) is 34.1. The van der Waals surface area contributed by atoms with E-state index in [9.17, 15) is 0 Å². The Hall–Kier alpha value is -0.0400. The van der Waals surface area contributed by atoms with Gasteiger partial charge in [-0.1, -0.05) is 23.5 Å². The van der Waals surface area contributed by atoms with Crippen molar-refractivity contribution in [2.24, 2.45) is 0 Å². The van der Waals surface area contributed by atoms with Gasteiger partial charge in [-0.2, -0.15) is 0 Å². The standard InChI is InChI=1S/C11H10N2S4/c1-3-14-8(12-1)16-10-5-11(6-10,7-10)17-9-13-2-4-15-9/h1-4H,5-7H2. The monoisotopic (exact) mass is 298 g/mol. The van der Waals surface area contributed by atoms with Crippen LogP contribution in [-0.4, -0.2) is 19.5 Å². The van der Waals surface area contributed by atoms with Gasteiger partial charge >= 0.3 is 0 Å². The van der Waals surface area contributed by atoms with Crippen molar-refractivity contribution < 1.29 is 0 Å². The molecule has 0 saturated heterocycles. The van der Waals surface area contributed by atoms with Crippen molar-refractivity contribution in [2.45, 2.75) is 37.4 Å². The third-order valence-corrected chi connectivity index (χ3v) is 7.86. The molecule has 0 amide bonds. The molecule has 3 aliphatic carbocycles. The van der Waals surface area contributed by atoms with Gasteiger partial charge in [0, 0.05) is 32.6 Å². The second kappa shape index (κ2) is 3.73. The predicted molar refractivity (Wildman–Crippen MR) is 75.3 cm³/mol. The van der Waals surface area contributed by atoms with Crippen molar-refractivity contribution >= 4 is 46.2 Å². The van der Waals surface area contributed by atoms with Crippen LogP contribution in [0.5, 0.6) is 0 Å². The Morgan fingerprint density at radius 2 is 1.35 bits per heavy atom. The first-order valence-electron chi connectivity index (χ1n) is 5.45. The van der Waals surface area contributed by atoms with E-state index in [1.807, 2.05) is 35.9 Å². The minimum absolute atomic E-state index is 0.516. The maximum atomic E-state index is 4.37. The minimum Gasteiger partial charge on any atom is -0.238 e. The van der Waals surface area contributed by atoms with Gasteiger partial charge in [0.25, 0.3) is 0 Å². The van der Waals surface area contributed by atoms with Gasteiger partial charge in [0.2, 0.25) is 0 Å². The molecule has 0 spiro atoms. The maximum Gasteiger partial charge on any atom is 0.150 e. The summed E-state index contributed by atoms with van der Waals surface area (Å²) in [7, 11) is 0. The third-order valence-electron chi connectivity index (χ3n) is 3.36. The number of hydrogen-bond acceptors (Lipinski definition) is 6. The fraction of sp³-hybridized carbons (Fsp3) is 0.455. The molecule has 0 radical (unpaired) electrons. The molecule has 17 heavy (non-hydrogen) atoms. The van der Waals surface area contributed by atoms with E-state index in [0.29, 0.717) is 9.49 Å². The number of thioether (sulfide) groups is 2. The van der Waals surface area contributed by atoms with Gasteiger partial charge in [0.05, 0.1) is 0 Å². The third kappa shape index (κ3) is 1.77. The van der Waals surface area contributed by atoms with Crippen LogP contribution in [0.25, 0.3) is 0 Å². The Balaban J connectivity index is 1.40. The van der Waals surface area contributed by atoms with E-state index in [-0.39, 0.29) is 0 Å². The summed E-state index contributed by atoms with van der Waals surface area (Å²) in [4.78, 5) is 8.74. The Kier molecular flexibility index (Phi) is 2.38. The SMILES string of the molecule is c1csc(SC23CC(Sc4nccs4)(C2)C3)n1. The fourth-order valence-electron chi connectivity index (χ4n) is 2.71. The van der Waals surface area contributed by atoms with E-state index < -0.39 is 0 Å². The summed E-state index contributed by atoms with van der Waals surface area (Å²) in [5, 5.41) is 4.13. The minimum atomic E-state index is 0.516. The van der Waals surface area contributed by atoms with Gasteiger partial charge in [0.15, 0.2) is 0 Å². The Morgan fingerprint density at radius 1 is 0.882 bits per heavy atom. The van der Waals surface area contributed by atoms with E-state index in [1.165, 1.54) is 27.9 Å². The predicted octanol–water partition coefficient (Wildman–Crippen LogP) is 4.16. The lowest BCUT2D eigenvalue weighted by molar-refractivity contribution is 0.0976. The van der Waals surface area contributed by atoms with E-state index >= 15 is 0 Å². The van der Waals surface area contributed by atoms with Crippen molar-refractivity contribution in [1.82, 2.24) is 9.97 Å². The summed E-state index contributed by atoms with van der Waals surface area (Å²) >= 11 is 7.51. The van der Waals surface area contributed by atoms with Crippen LogP contribution in [0.15, 0.2) is 31.8 Å². The maximum absolute atomic E-state index is 4.37. The molecule has 0 unspecified atom stereocenters.